The van der Waals surface area contributed by atoms with Crippen molar-refractivity contribution in [2.45, 2.75) is 39.2 Å². The van der Waals surface area contributed by atoms with E-state index >= 15 is 0 Å². The zero-order chi connectivity index (χ0) is 14.0. The van der Waals surface area contributed by atoms with E-state index in [9.17, 15) is 10.1 Å². The second-order valence-electron chi connectivity index (χ2n) is 5.53. The highest BCUT2D eigenvalue weighted by atomic mass is 35.5. The van der Waals surface area contributed by atoms with Gasteiger partial charge in [-0.1, -0.05) is 25.4 Å². The molecule has 0 spiro atoms. The Balaban J connectivity index is 2.13. The topological polar surface area (TPSA) is 52.4 Å². The lowest BCUT2D eigenvalue weighted by molar-refractivity contribution is -0.384. The fourth-order valence-corrected chi connectivity index (χ4v) is 3.01. The Hall–Kier alpha value is -1.29. The fraction of sp³-hybridized carbons (Fsp3) is 0.571. The molecule has 0 aromatic heterocycles. The summed E-state index contributed by atoms with van der Waals surface area (Å²) in [4.78, 5) is 10.3. The van der Waals surface area contributed by atoms with Crippen LogP contribution in [0.5, 0.6) is 5.75 Å². The minimum atomic E-state index is -0.435. The molecule has 2 unspecified atom stereocenters. The Kier molecular flexibility index (Phi) is 4.30. The SMILES string of the molecule is CC1CC(C)CC(Oc2cc([N+](=O)[O-])ccc2Cl)C1. The van der Waals surface area contributed by atoms with Gasteiger partial charge in [-0.15, -0.1) is 0 Å². The van der Waals surface area contributed by atoms with Crippen LogP contribution in [0.15, 0.2) is 18.2 Å². The number of benzene rings is 1. The second-order valence-corrected chi connectivity index (χ2v) is 5.94. The van der Waals surface area contributed by atoms with Gasteiger partial charge in [-0.05, 0) is 37.2 Å². The van der Waals surface area contributed by atoms with E-state index < -0.39 is 4.92 Å². The van der Waals surface area contributed by atoms with E-state index in [4.69, 9.17) is 16.3 Å². The molecule has 1 saturated carbocycles. The van der Waals surface area contributed by atoms with E-state index in [2.05, 4.69) is 13.8 Å². The van der Waals surface area contributed by atoms with Crippen LogP contribution in [0.2, 0.25) is 5.02 Å². The van der Waals surface area contributed by atoms with Crippen LogP contribution >= 0.6 is 11.6 Å². The summed E-state index contributed by atoms with van der Waals surface area (Å²) in [6.07, 6.45) is 3.26. The van der Waals surface area contributed by atoms with E-state index in [1.807, 2.05) is 0 Å². The molecule has 2 atom stereocenters. The van der Waals surface area contributed by atoms with Crippen molar-refractivity contribution in [3.8, 4) is 5.75 Å². The van der Waals surface area contributed by atoms with Gasteiger partial charge >= 0.3 is 0 Å². The molecule has 1 aromatic rings. The van der Waals surface area contributed by atoms with Gasteiger partial charge in [0.05, 0.1) is 22.1 Å². The van der Waals surface area contributed by atoms with Crippen molar-refractivity contribution >= 4 is 17.3 Å². The Bertz CT molecular complexity index is 468. The highest BCUT2D eigenvalue weighted by Crippen LogP contribution is 2.35. The quantitative estimate of drug-likeness (QED) is 0.608. The van der Waals surface area contributed by atoms with Gasteiger partial charge in [0.25, 0.3) is 5.69 Å². The Labute approximate surface area is 117 Å². The predicted octanol–water partition coefficient (Wildman–Crippen LogP) is 4.45. The van der Waals surface area contributed by atoms with Gasteiger partial charge in [0.15, 0.2) is 0 Å². The van der Waals surface area contributed by atoms with Crippen molar-refractivity contribution in [2.75, 3.05) is 0 Å². The molecule has 1 aliphatic rings. The number of non-ortho nitro benzene ring substituents is 1. The maximum Gasteiger partial charge on any atom is 0.273 e. The standard InChI is InChI=1S/C14H18ClNO3/c1-9-5-10(2)7-12(6-9)19-14-8-11(16(17)18)3-4-13(14)15/h3-4,8-10,12H,5-7H2,1-2H3. The molecule has 0 saturated heterocycles. The van der Waals surface area contributed by atoms with Crippen molar-refractivity contribution < 1.29 is 9.66 Å². The van der Waals surface area contributed by atoms with Gasteiger partial charge in [-0.3, -0.25) is 10.1 Å². The number of hydrogen-bond acceptors (Lipinski definition) is 3. The van der Waals surface area contributed by atoms with Gasteiger partial charge in [-0.25, -0.2) is 0 Å². The first kappa shape index (κ1) is 14.1. The Morgan fingerprint density at radius 1 is 1.26 bits per heavy atom. The molecule has 1 fully saturated rings. The van der Waals surface area contributed by atoms with Crippen molar-refractivity contribution in [1.29, 1.82) is 0 Å². The van der Waals surface area contributed by atoms with Crippen LogP contribution < -0.4 is 4.74 Å². The average molecular weight is 284 g/mol. The van der Waals surface area contributed by atoms with Crippen LogP contribution in [0, 0.1) is 22.0 Å². The van der Waals surface area contributed by atoms with Gasteiger partial charge in [0.1, 0.15) is 5.75 Å². The number of rotatable bonds is 3. The Morgan fingerprint density at radius 3 is 2.47 bits per heavy atom. The molecule has 0 radical (unpaired) electrons. The van der Waals surface area contributed by atoms with E-state index in [0.29, 0.717) is 22.6 Å². The maximum atomic E-state index is 10.8. The molecule has 19 heavy (non-hydrogen) atoms. The third-order valence-corrected chi connectivity index (χ3v) is 3.87. The first-order chi connectivity index (χ1) is 8.95. The first-order valence-electron chi connectivity index (χ1n) is 6.56. The summed E-state index contributed by atoms with van der Waals surface area (Å²) in [7, 11) is 0. The van der Waals surface area contributed by atoms with Crippen LogP contribution in [-0.2, 0) is 0 Å². The molecule has 2 rings (SSSR count). The summed E-state index contributed by atoms with van der Waals surface area (Å²) in [5.74, 6) is 1.65. The molecule has 0 amide bonds. The zero-order valence-electron chi connectivity index (χ0n) is 11.1. The lowest BCUT2D eigenvalue weighted by Gasteiger charge is -2.31. The second kappa shape index (κ2) is 5.78. The fourth-order valence-electron chi connectivity index (χ4n) is 2.84. The number of ether oxygens (including phenoxy) is 1. The minimum Gasteiger partial charge on any atom is -0.489 e. The maximum absolute atomic E-state index is 10.8. The van der Waals surface area contributed by atoms with Crippen molar-refractivity contribution in [1.82, 2.24) is 0 Å². The lowest BCUT2D eigenvalue weighted by Crippen LogP contribution is -2.28. The van der Waals surface area contributed by atoms with Gasteiger partial charge in [0.2, 0.25) is 0 Å². The van der Waals surface area contributed by atoms with Crippen LogP contribution in [-0.4, -0.2) is 11.0 Å². The van der Waals surface area contributed by atoms with Gasteiger partial charge in [-0.2, -0.15) is 0 Å². The van der Waals surface area contributed by atoms with E-state index in [0.717, 1.165) is 12.8 Å². The van der Waals surface area contributed by atoms with Crippen LogP contribution in [0.25, 0.3) is 0 Å². The zero-order valence-corrected chi connectivity index (χ0v) is 11.9. The molecule has 0 N–H and O–H groups in total. The molecule has 0 bridgehead atoms. The minimum absolute atomic E-state index is 0.0105. The van der Waals surface area contributed by atoms with E-state index in [-0.39, 0.29) is 11.8 Å². The first-order valence-corrected chi connectivity index (χ1v) is 6.94. The lowest BCUT2D eigenvalue weighted by atomic mass is 9.82. The Morgan fingerprint density at radius 2 is 1.89 bits per heavy atom. The number of hydrogen-bond donors (Lipinski definition) is 0. The molecule has 4 nitrogen and oxygen atoms in total. The summed E-state index contributed by atoms with van der Waals surface area (Å²) in [5.41, 5.74) is 0.0105. The highest BCUT2D eigenvalue weighted by molar-refractivity contribution is 6.32. The highest BCUT2D eigenvalue weighted by Gasteiger charge is 2.26. The molecular weight excluding hydrogens is 266 g/mol. The molecule has 0 heterocycles. The van der Waals surface area contributed by atoms with E-state index in [1.165, 1.54) is 24.6 Å². The third-order valence-electron chi connectivity index (χ3n) is 3.55. The summed E-state index contributed by atoms with van der Waals surface area (Å²) in [6, 6.07) is 4.32. The van der Waals surface area contributed by atoms with Crippen molar-refractivity contribution in [3.05, 3.63) is 33.3 Å². The summed E-state index contributed by atoms with van der Waals surface area (Å²) in [6.45, 7) is 4.42. The van der Waals surface area contributed by atoms with E-state index in [1.54, 1.807) is 0 Å². The third kappa shape index (κ3) is 3.60. The summed E-state index contributed by atoms with van der Waals surface area (Å²) in [5, 5.41) is 11.2. The van der Waals surface area contributed by atoms with Crippen LogP contribution in [0.1, 0.15) is 33.1 Å². The van der Waals surface area contributed by atoms with Crippen LogP contribution in [0.4, 0.5) is 5.69 Å². The average Bonchev–Trinajstić information content (AvgIpc) is 2.30. The molecular formula is C14H18ClNO3. The summed E-state index contributed by atoms with van der Waals surface area (Å²) >= 11 is 6.05. The predicted molar refractivity (Wildman–Crippen MR) is 74.7 cm³/mol. The number of nitro benzene ring substituents is 1. The molecule has 0 aliphatic heterocycles. The molecule has 1 aliphatic carbocycles. The van der Waals surface area contributed by atoms with Gasteiger partial charge < -0.3 is 4.74 Å². The molecule has 5 heteroatoms. The monoisotopic (exact) mass is 283 g/mol. The molecule has 1 aromatic carbocycles. The number of nitro groups is 1. The largest absolute Gasteiger partial charge is 0.489 e. The number of halogens is 1. The van der Waals surface area contributed by atoms with Crippen molar-refractivity contribution in [3.63, 3.8) is 0 Å². The normalized spacial score (nSPS) is 27.0. The van der Waals surface area contributed by atoms with Crippen molar-refractivity contribution in [2.24, 2.45) is 11.8 Å². The number of nitrogens with zero attached hydrogens (tertiary/aromatic N) is 1. The van der Waals surface area contributed by atoms with Crippen LogP contribution in [0.3, 0.4) is 0 Å². The van der Waals surface area contributed by atoms with Gasteiger partial charge in [0, 0.05) is 6.07 Å². The summed E-state index contributed by atoms with van der Waals surface area (Å²) < 4.78 is 5.88. The smallest absolute Gasteiger partial charge is 0.273 e. The molecule has 104 valence electrons.